The fourth-order valence-electron chi connectivity index (χ4n) is 9.84. The predicted molar refractivity (Wildman–Crippen MR) is 254 cm³/mol. The van der Waals surface area contributed by atoms with Crippen LogP contribution in [0.15, 0.2) is 235 Å². The van der Waals surface area contributed by atoms with Crippen LogP contribution in [-0.4, -0.2) is 9.97 Å². The number of fused-ring (bicyclic) bond motifs is 6. The van der Waals surface area contributed by atoms with Gasteiger partial charge in [0.1, 0.15) is 11.2 Å². The molecular weight excluding hydrogens is 753 g/mol. The number of para-hydroxylation sites is 2. The van der Waals surface area contributed by atoms with E-state index < -0.39 is 5.41 Å². The zero-order valence-electron chi connectivity index (χ0n) is 33.7. The zero-order chi connectivity index (χ0) is 41.0. The molecule has 0 N–H and O–H groups in total. The van der Waals surface area contributed by atoms with Gasteiger partial charge < -0.3 is 4.42 Å². The molecule has 0 saturated heterocycles. The minimum Gasteiger partial charge on any atom is -0.455 e. The molecule has 62 heavy (non-hydrogen) atoms. The van der Waals surface area contributed by atoms with Crippen molar-refractivity contribution in [2.45, 2.75) is 5.41 Å². The molecule has 0 saturated carbocycles. The van der Waals surface area contributed by atoms with Crippen LogP contribution >= 0.6 is 0 Å². The highest BCUT2D eigenvalue weighted by Gasteiger charge is 2.46. The van der Waals surface area contributed by atoms with Crippen LogP contribution in [0.1, 0.15) is 22.3 Å². The molecule has 0 radical (unpaired) electrons. The van der Waals surface area contributed by atoms with Gasteiger partial charge in [0.05, 0.1) is 16.8 Å². The van der Waals surface area contributed by atoms with Crippen molar-refractivity contribution in [1.29, 1.82) is 0 Å². The maximum absolute atomic E-state index is 6.47. The van der Waals surface area contributed by atoms with Crippen molar-refractivity contribution in [2.75, 3.05) is 0 Å². The fraction of sp³-hybridized carbons (Fsp3) is 0.0169. The molecular formula is C59H38N2O. The van der Waals surface area contributed by atoms with Gasteiger partial charge in [-0.1, -0.05) is 206 Å². The van der Waals surface area contributed by atoms with Crippen molar-refractivity contribution in [2.24, 2.45) is 0 Å². The van der Waals surface area contributed by atoms with E-state index in [-0.39, 0.29) is 0 Å². The summed E-state index contributed by atoms with van der Waals surface area (Å²) in [5, 5.41) is 2.24. The van der Waals surface area contributed by atoms with Crippen molar-refractivity contribution < 1.29 is 4.42 Å². The van der Waals surface area contributed by atoms with Gasteiger partial charge in [0.2, 0.25) is 0 Å². The smallest absolute Gasteiger partial charge is 0.160 e. The molecule has 1 aliphatic carbocycles. The Morgan fingerprint density at radius 1 is 0.323 bits per heavy atom. The Balaban J connectivity index is 1.02. The number of nitrogens with zero attached hydrogens (tertiary/aromatic N) is 2. The summed E-state index contributed by atoms with van der Waals surface area (Å²) >= 11 is 0. The molecule has 2 aromatic heterocycles. The lowest BCUT2D eigenvalue weighted by atomic mass is 9.67. The molecule has 0 bridgehead atoms. The number of aromatic nitrogens is 2. The molecule has 0 unspecified atom stereocenters. The number of hydrogen-bond acceptors (Lipinski definition) is 3. The van der Waals surface area contributed by atoms with E-state index >= 15 is 0 Å². The summed E-state index contributed by atoms with van der Waals surface area (Å²) in [7, 11) is 0. The SMILES string of the molecule is c1ccc(-c2nc(-c3ccc4c(c3)-c3ccccc3C4(c3ccccc3)c3ccccc3)cc(-c3ccccc3-c3cccc(-c4cccc5c4oc4ccccc45)c3)n2)cc1. The van der Waals surface area contributed by atoms with Crippen molar-refractivity contribution >= 4 is 21.9 Å². The van der Waals surface area contributed by atoms with E-state index in [4.69, 9.17) is 14.4 Å². The normalized spacial score (nSPS) is 12.6. The molecule has 3 heteroatoms. The molecule has 1 aliphatic rings. The molecule has 0 amide bonds. The summed E-state index contributed by atoms with van der Waals surface area (Å²) in [6.07, 6.45) is 0. The zero-order valence-corrected chi connectivity index (χ0v) is 33.7. The van der Waals surface area contributed by atoms with E-state index in [0.29, 0.717) is 5.82 Å². The minimum atomic E-state index is -0.470. The highest BCUT2D eigenvalue weighted by Crippen LogP contribution is 2.56. The first-order chi connectivity index (χ1) is 30.7. The van der Waals surface area contributed by atoms with Crippen LogP contribution in [0.5, 0.6) is 0 Å². The standard InChI is InChI=1S/C59H38N2O/c1-4-18-39(19-5-1)58-60-54(42-34-35-53-51(37-42)47-27-12-14-32-52(47)59(53,43-22-6-2-7-23-43)44-24-8-3-9-25-44)38-55(61-58)48-28-11-10-26-45(48)40-20-16-21-41(36-40)46-30-17-31-50-49-29-13-15-33-56(49)62-57(46)50/h1-38H. The highest BCUT2D eigenvalue weighted by atomic mass is 16.3. The molecule has 0 aliphatic heterocycles. The van der Waals surface area contributed by atoms with Crippen molar-refractivity contribution in [3.05, 3.63) is 253 Å². The lowest BCUT2D eigenvalue weighted by Crippen LogP contribution is -2.28. The van der Waals surface area contributed by atoms with Crippen LogP contribution in [0, 0.1) is 0 Å². The second kappa shape index (κ2) is 14.5. The summed E-state index contributed by atoms with van der Waals surface area (Å²) in [4.78, 5) is 10.6. The minimum absolute atomic E-state index is 0.470. The summed E-state index contributed by atoms with van der Waals surface area (Å²) in [6.45, 7) is 0. The summed E-state index contributed by atoms with van der Waals surface area (Å²) < 4.78 is 6.47. The Kier molecular flexibility index (Phi) is 8.39. The summed E-state index contributed by atoms with van der Waals surface area (Å²) in [5.41, 5.74) is 17.9. The van der Waals surface area contributed by atoms with E-state index in [2.05, 4.69) is 200 Å². The predicted octanol–water partition coefficient (Wildman–Crippen LogP) is 15.1. The van der Waals surface area contributed by atoms with Crippen LogP contribution in [0.2, 0.25) is 0 Å². The molecule has 3 nitrogen and oxygen atoms in total. The Morgan fingerprint density at radius 2 is 0.871 bits per heavy atom. The topological polar surface area (TPSA) is 38.9 Å². The first-order valence-electron chi connectivity index (χ1n) is 21.1. The third-order valence-corrected chi connectivity index (χ3v) is 12.6. The lowest BCUT2D eigenvalue weighted by Gasteiger charge is -2.33. The van der Waals surface area contributed by atoms with Gasteiger partial charge in [-0.05, 0) is 74.3 Å². The highest BCUT2D eigenvalue weighted by molar-refractivity contribution is 6.09. The second-order valence-corrected chi connectivity index (χ2v) is 16.0. The van der Waals surface area contributed by atoms with Gasteiger partial charge in [0.25, 0.3) is 0 Å². The Labute approximate surface area is 360 Å². The Hall–Kier alpha value is -8.14. The third kappa shape index (κ3) is 5.67. The summed E-state index contributed by atoms with van der Waals surface area (Å²) in [6, 6.07) is 82.1. The number of furan rings is 1. The Bertz CT molecular complexity index is 3420. The fourth-order valence-corrected chi connectivity index (χ4v) is 9.84. The van der Waals surface area contributed by atoms with Gasteiger partial charge in [0.15, 0.2) is 5.82 Å². The van der Waals surface area contributed by atoms with Crippen molar-refractivity contribution in [1.82, 2.24) is 9.97 Å². The quantitative estimate of drug-likeness (QED) is 0.161. The van der Waals surface area contributed by atoms with Gasteiger partial charge in [-0.25, -0.2) is 9.97 Å². The average molecular weight is 791 g/mol. The largest absolute Gasteiger partial charge is 0.455 e. The summed E-state index contributed by atoms with van der Waals surface area (Å²) in [5.74, 6) is 0.682. The van der Waals surface area contributed by atoms with Crippen LogP contribution in [0.3, 0.4) is 0 Å². The number of hydrogen-bond donors (Lipinski definition) is 0. The molecule has 12 rings (SSSR count). The van der Waals surface area contributed by atoms with Crippen molar-refractivity contribution in [3.8, 4) is 67.3 Å². The lowest BCUT2D eigenvalue weighted by molar-refractivity contribution is 0.670. The molecule has 0 spiro atoms. The first kappa shape index (κ1) is 35.8. The van der Waals surface area contributed by atoms with Crippen LogP contribution in [0.25, 0.3) is 89.2 Å². The maximum atomic E-state index is 6.47. The molecule has 11 aromatic rings. The molecule has 290 valence electrons. The van der Waals surface area contributed by atoms with Gasteiger partial charge in [-0.3, -0.25) is 0 Å². The van der Waals surface area contributed by atoms with Crippen LogP contribution in [0.4, 0.5) is 0 Å². The first-order valence-corrected chi connectivity index (χ1v) is 21.1. The molecule has 2 heterocycles. The number of rotatable bonds is 7. The monoisotopic (exact) mass is 790 g/mol. The van der Waals surface area contributed by atoms with Gasteiger partial charge in [-0.2, -0.15) is 0 Å². The third-order valence-electron chi connectivity index (χ3n) is 12.6. The van der Waals surface area contributed by atoms with E-state index in [0.717, 1.165) is 72.3 Å². The maximum Gasteiger partial charge on any atom is 0.160 e. The number of benzene rings is 9. The van der Waals surface area contributed by atoms with Crippen LogP contribution in [-0.2, 0) is 5.41 Å². The van der Waals surface area contributed by atoms with Gasteiger partial charge in [-0.15, -0.1) is 0 Å². The van der Waals surface area contributed by atoms with E-state index in [9.17, 15) is 0 Å². The second-order valence-electron chi connectivity index (χ2n) is 16.0. The van der Waals surface area contributed by atoms with E-state index in [1.165, 1.54) is 33.4 Å². The molecule has 0 fully saturated rings. The van der Waals surface area contributed by atoms with Crippen LogP contribution < -0.4 is 0 Å². The van der Waals surface area contributed by atoms with E-state index in [1.807, 2.05) is 30.3 Å². The van der Waals surface area contributed by atoms with E-state index in [1.54, 1.807) is 0 Å². The molecule has 0 atom stereocenters. The van der Waals surface area contributed by atoms with Crippen molar-refractivity contribution in [3.63, 3.8) is 0 Å². The van der Waals surface area contributed by atoms with Gasteiger partial charge >= 0.3 is 0 Å². The van der Waals surface area contributed by atoms with Gasteiger partial charge in [0, 0.05) is 33.0 Å². The molecule has 9 aromatic carbocycles. The average Bonchev–Trinajstić information content (AvgIpc) is 3.89. The Morgan fingerprint density at radius 3 is 1.65 bits per heavy atom.